The molecule has 0 fully saturated rings. The molecular weight excluding hydrogens is 366 g/mol. The second-order valence-electron chi connectivity index (χ2n) is 7.16. The predicted octanol–water partition coefficient (Wildman–Crippen LogP) is 4.05. The number of nitrogens with zero attached hydrogens (tertiary/aromatic N) is 2. The van der Waals surface area contributed by atoms with Crippen molar-refractivity contribution in [2.75, 3.05) is 20.0 Å². The first-order valence-corrected chi connectivity index (χ1v) is 9.08. The Bertz CT molecular complexity index is 1090. The van der Waals surface area contributed by atoms with Crippen LogP contribution in [0, 0.1) is 11.3 Å². The molecule has 6 heteroatoms. The summed E-state index contributed by atoms with van der Waals surface area (Å²) in [6.07, 6.45) is 1.53. The number of benzene rings is 2. The van der Waals surface area contributed by atoms with Crippen molar-refractivity contribution in [1.82, 2.24) is 4.57 Å². The second kappa shape index (κ2) is 7.72. The quantitative estimate of drug-likeness (QED) is 0.665. The normalized spacial score (nSPS) is 11.0. The number of nitrogens with two attached hydrogens (primary N) is 1. The van der Waals surface area contributed by atoms with Crippen LogP contribution < -0.4 is 10.5 Å². The number of hydrogen-bond acceptors (Lipinski definition) is 5. The molecule has 3 rings (SSSR count). The molecule has 1 aromatic heterocycles. The van der Waals surface area contributed by atoms with Gasteiger partial charge in [0.15, 0.2) is 5.69 Å². The highest BCUT2D eigenvalue weighted by molar-refractivity contribution is 5.96. The number of hydrogen-bond donors (Lipinski definition) is 1. The minimum absolute atomic E-state index is 0.0779. The zero-order valence-corrected chi connectivity index (χ0v) is 16.9. The van der Waals surface area contributed by atoms with E-state index in [0.717, 1.165) is 11.1 Å². The van der Waals surface area contributed by atoms with E-state index in [4.69, 9.17) is 15.2 Å². The molecular formula is C23H23N3O3. The maximum Gasteiger partial charge on any atom is 0.357 e. The highest BCUT2D eigenvalue weighted by Gasteiger charge is 2.27. The van der Waals surface area contributed by atoms with Gasteiger partial charge in [0.2, 0.25) is 0 Å². The minimum Gasteiger partial charge on any atom is -0.495 e. The molecule has 2 N–H and O–H groups in total. The third-order valence-corrected chi connectivity index (χ3v) is 5.20. The van der Waals surface area contributed by atoms with E-state index in [1.54, 1.807) is 11.7 Å². The van der Waals surface area contributed by atoms with Crippen LogP contribution in [-0.2, 0) is 10.2 Å². The van der Waals surface area contributed by atoms with Crippen LogP contribution in [-0.4, -0.2) is 24.8 Å². The SMILES string of the molecule is COC(=O)c1c(N)c(C#N)cn1-c1cc(C(C)(C)c2ccccc2)ccc1OC. The van der Waals surface area contributed by atoms with Gasteiger partial charge in [-0.1, -0.05) is 50.2 Å². The first-order valence-electron chi connectivity index (χ1n) is 9.08. The van der Waals surface area contributed by atoms with Crippen molar-refractivity contribution in [3.8, 4) is 17.5 Å². The van der Waals surface area contributed by atoms with Gasteiger partial charge in [0.25, 0.3) is 0 Å². The lowest BCUT2D eigenvalue weighted by atomic mass is 9.78. The highest BCUT2D eigenvalue weighted by Crippen LogP contribution is 2.37. The highest BCUT2D eigenvalue weighted by atomic mass is 16.5. The van der Waals surface area contributed by atoms with Crippen LogP contribution in [0.3, 0.4) is 0 Å². The summed E-state index contributed by atoms with van der Waals surface area (Å²) in [6, 6.07) is 17.9. The van der Waals surface area contributed by atoms with Gasteiger partial charge in [-0.15, -0.1) is 0 Å². The summed E-state index contributed by atoms with van der Waals surface area (Å²) in [4.78, 5) is 12.4. The van der Waals surface area contributed by atoms with E-state index in [1.165, 1.54) is 13.3 Å². The number of anilines is 1. The molecule has 0 radical (unpaired) electrons. The summed E-state index contributed by atoms with van der Waals surface area (Å²) in [5.74, 6) is -0.0824. The van der Waals surface area contributed by atoms with Gasteiger partial charge in [0.05, 0.1) is 31.2 Å². The Morgan fingerprint density at radius 1 is 1.10 bits per heavy atom. The summed E-state index contributed by atoms with van der Waals surface area (Å²) in [6.45, 7) is 4.25. The molecule has 29 heavy (non-hydrogen) atoms. The number of esters is 1. The van der Waals surface area contributed by atoms with Gasteiger partial charge in [-0.25, -0.2) is 4.79 Å². The van der Waals surface area contributed by atoms with Gasteiger partial charge in [-0.2, -0.15) is 5.26 Å². The van der Waals surface area contributed by atoms with E-state index in [-0.39, 0.29) is 22.4 Å². The van der Waals surface area contributed by atoms with Crippen LogP contribution in [0.25, 0.3) is 5.69 Å². The third-order valence-electron chi connectivity index (χ3n) is 5.20. The molecule has 0 spiro atoms. The molecule has 1 heterocycles. The van der Waals surface area contributed by atoms with Crippen molar-refractivity contribution >= 4 is 11.7 Å². The number of nitriles is 1. The number of aromatic nitrogens is 1. The van der Waals surface area contributed by atoms with Crippen LogP contribution in [0.5, 0.6) is 5.75 Å². The van der Waals surface area contributed by atoms with E-state index in [0.29, 0.717) is 11.4 Å². The molecule has 148 valence electrons. The van der Waals surface area contributed by atoms with E-state index < -0.39 is 5.97 Å². The number of carbonyl (C=O) groups is 1. The first-order chi connectivity index (χ1) is 13.8. The Kier molecular flexibility index (Phi) is 5.33. The number of carbonyl (C=O) groups excluding carboxylic acids is 1. The maximum atomic E-state index is 12.4. The molecule has 0 saturated carbocycles. The number of methoxy groups -OCH3 is 2. The van der Waals surface area contributed by atoms with Crippen LogP contribution >= 0.6 is 0 Å². The van der Waals surface area contributed by atoms with Gasteiger partial charge in [0, 0.05) is 11.6 Å². The van der Waals surface area contributed by atoms with Crippen molar-refractivity contribution in [2.45, 2.75) is 19.3 Å². The van der Waals surface area contributed by atoms with Gasteiger partial charge >= 0.3 is 5.97 Å². The molecule has 0 saturated heterocycles. The van der Waals surface area contributed by atoms with Crippen LogP contribution in [0.15, 0.2) is 54.7 Å². The minimum atomic E-state index is -0.626. The summed E-state index contributed by atoms with van der Waals surface area (Å²) in [5.41, 5.74) is 8.88. The number of rotatable bonds is 5. The predicted molar refractivity (Wildman–Crippen MR) is 111 cm³/mol. The first kappa shape index (κ1) is 20.0. The van der Waals surface area contributed by atoms with Gasteiger partial charge in [-0.3, -0.25) is 0 Å². The van der Waals surface area contributed by atoms with Crippen LogP contribution in [0.1, 0.15) is 41.0 Å². The standard InChI is InChI=1S/C23H23N3O3/c1-23(2,16-8-6-5-7-9-16)17-10-11-19(28-3)18(12-17)26-14-15(13-24)20(25)21(26)22(27)29-4/h5-12,14H,25H2,1-4H3. The largest absolute Gasteiger partial charge is 0.495 e. The van der Waals surface area contributed by atoms with E-state index in [9.17, 15) is 10.1 Å². The molecule has 0 unspecified atom stereocenters. The molecule has 0 amide bonds. The summed E-state index contributed by atoms with van der Waals surface area (Å²) in [7, 11) is 2.83. The third kappa shape index (κ3) is 3.43. The topological polar surface area (TPSA) is 90.3 Å². The van der Waals surface area contributed by atoms with Crippen molar-refractivity contribution < 1.29 is 14.3 Å². The van der Waals surface area contributed by atoms with Crippen molar-refractivity contribution in [3.63, 3.8) is 0 Å². The maximum absolute atomic E-state index is 12.4. The Morgan fingerprint density at radius 3 is 2.38 bits per heavy atom. The summed E-state index contributed by atoms with van der Waals surface area (Å²) >= 11 is 0. The zero-order chi connectivity index (χ0) is 21.2. The fraction of sp³-hybridized carbons (Fsp3) is 0.217. The lowest BCUT2D eigenvalue weighted by Crippen LogP contribution is -2.19. The van der Waals surface area contributed by atoms with E-state index in [2.05, 4.69) is 26.0 Å². The molecule has 6 nitrogen and oxygen atoms in total. The summed E-state index contributed by atoms with van der Waals surface area (Å²) < 4.78 is 12.0. The molecule has 3 aromatic rings. The average Bonchev–Trinajstić information content (AvgIpc) is 3.09. The average molecular weight is 389 g/mol. The molecule has 2 aromatic carbocycles. The van der Waals surface area contributed by atoms with E-state index >= 15 is 0 Å². The van der Waals surface area contributed by atoms with Crippen LogP contribution in [0.4, 0.5) is 5.69 Å². The fourth-order valence-electron chi connectivity index (χ4n) is 3.39. The van der Waals surface area contributed by atoms with Crippen molar-refractivity contribution in [1.29, 1.82) is 5.26 Å². The van der Waals surface area contributed by atoms with Gasteiger partial charge in [-0.05, 0) is 23.3 Å². The molecule has 0 aliphatic rings. The van der Waals surface area contributed by atoms with Crippen LogP contribution in [0.2, 0.25) is 0 Å². The van der Waals surface area contributed by atoms with Crippen molar-refractivity contribution in [2.24, 2.45) is 0 Å². The molecule has 0 aliphatic carbocycles. The lowest BCUT2D eigenvalue weighted by molar-refractivity contribution is 0.0593. The van der Waals surface area contributed by atoms with Gasteiger partial charge < -0.3 is 19.8 Å². The fourth-order valence-corrected chi connectivity index (χ4v) is 3.39. The van der Waals surface area contributed by atoms with Gasteiger partial charge in [0.1, 0.15) is 11.8 Å². The molecule has 0 aliphatic heterocycles. The molecule has 0 bridgehead atoms. The number of ether oxygens (including phenoxy) is 2. The second-order valence-corrected chi connectivity index (χ2v) is 7.16. The van der Waals surface area contributed by atoms with Crippen molar-refractivity contribution in [3.05, 3.63) is 77.1 Å². The lowest BCUT2D eigenvalue weighted by Gasteiger charge is -2.27. The Labute approximate surface area is 170 Å². The number of nitrogen functional groups attached to an aromatic ring is 1. The molecule has 0 atom stereocenters. The van der Waals surface area contributed by atoms with E-state index in [1.807, 2.05) is 42.5 Å². The Balaban J connectivity index is 2.25. The monoisotopic (exact) mass is 389 g/mol. The smallest absolute Gasteiger partial charge is 0.357 e. The summed E-state index contributed by atoms with van der Waals surface area (Å²) in [5, 5.41) is 9.39. The zero-order valence-electron chi connectivity index (χ0n) is 16.9. The Hall–Kier alpha value is -3.72. The Morgan fingerprint density at radius 2 is 1.79 bits per heavy atom.